The number of amides is 1. The molecule has 0 saturated heterocycles. The fourth-order valence-electron chi connectivity index (χ4n) is 1.62. The van der Waals surface area contributed by atoms with Crippen LogP contribution < -0.4 is 10.9 Å². The van der Waals surface area contributed by atoms with E-state index in [9.17, 15) is 9.59 Å². The Balaban J connectivity index is 2.10. The van der Waals surface area contributed by atoms with E-state index in [4.69, 9.17) is 0 Å². The zero-order valence-electron chi connectivity index (χ0n) is 11.0. The third-order valence-corrected chi connectivity index (χ3v) is 4.06. The first kappa shape index (κ1) is 14.9. The number of hydrogen-bond acceptors (Lipinski definition) is 5. The molecule has 2 heterocycles. The van der Waals surface area contributed by atoms with Crippen molar-refractivity contribution in [3.63, 3.8) is 0 Å². The molecule has 2 rings (SSSR count). The molecule has 8 heteroatoms. The largest absolute Gasteiger partial charge is 0.305 e. The van der Waals surface area contributed by atoms with E-state index < -0.39 is 0 Å². The first-order valence-corrected chi connectivity index (χ1v) is 7.59. The Morgan fingerprint density at radius 1 is 1.50 bits per heavy atom. The number of anilines is 1. The highest BCUT2D eigenvalue weighted by molar-refractivity contribution is 9.10. The molecule has 0 spiro atoms. The second-order valence-corrected chi connectivity index (χ2v) is 6.12. The molecule has 0 aliphatic rings. The second-order valence-electron chi connectivity index (χ2n) is 4.20. The number of aromatic nitrogens is 3. The lowest BCUT2D eigenvalue weighted by Crippen LogP contribution is -2.27. The molecule has 1 N–H and O–H groups in total. The number of nitrogens with one attached hydrogen (secondary N) is 1. The van der Waals surface area contributed by atoms with Crippen LogP contribution in [0.25, 0.3) is 0 Å². The van der Waals surface area contributed by atoms with E-state index in [-0.39, 0.29) is 18.0 Å². The van der Waals surface area contributed by atoms with Crippen LogP contribution in [0.5, 0.6) is 0 Å². The van der Waals surface area contributed by atoms with Crippen molar-refractivity contribution in [3.05, 3.63) is 37.7 Å². The predicted molar refractivity (Wildman–Crippen MR) is 81.1 cm³/mol. The van der Waals surface area contributed by atoms with Gasteiger partial charge in [0.1, 0.15) is 11.6 Å². The van der Waals surface area contributed by atoms with E-state index in [1.165, 1.54) is 15.9 Å². The molecular weight excluding hydrogens is 344 g/mol. The van der Waals surface area contributed by atoms with Gasteiger partial charge < -0.3 is 4.57 Å². The zero-order chi connectivity index (χ0) is 14.7. The SMILES string of the molecule is CCc1nnc(NC(=O)Cn2cc(C)cc(Br)c2=O)s1. The van der Waals surface area contributed by atoms with E-state index in [2.05, 4.69) is 31.4 Å². The molecule has 0 aliphatic heterocycles. The Morgan fingerprint density at radius 2 is 2.25 bits per heavy atom. The van der Waals surface area contributed by atoms with Crippen molar-refractivity contribution in [2.75, 3.05) is 5.32 Å². The minimum atomic E-state index is -0.302. The van der Waals surface area contributed by atoms with Crippen molar-refractivity contribution in [3.8, 4) is 0 Å². The van der Waals surface area contributed by atoms with Crippen LogP contribution in [0.2, 0.25) is 0 Å². The Labute approximate surface area is 128 Å². The molecule has 0 fully saturated rings. The summed E-state index contributed by atoms with van der Waals surface area (Å²) >= 11 is 4.51. The smallest absolute Gasteiger partial charge is 0.265 e. The molecule has 1 amide bonds. The summed E-state index contributed by atoms with van der Waals surface area (Å²) in [6.45, 7) is 3.77. The van der Waals surface area contributed by atoms with Gasteiger partial charge in [-0.05, 0) is 40.9 Å². The molecule has 0 radical (unpaired) electrons. The van der Waals surface area contributed by atoms with Crippen molar-refractivity contribution >= 4 is 38.3 Å². The van der Waals surface area contributed by atoms with E-state index in [1.807, 2.05) is 13.8 Å². The number of carbonyl (C=O) groups is 1. The standard InChI is InChI=1S/C12H13BrN4O2S/c1-3-10-15-16-12(20-10)14-9(18)6-17-5-7(2)4-8(13)11(17)19/h4-5H,3,6H2,1-2H3,(H,14,16,18). The van der Waals surface area contributed by atoms with Crippen LogP contribution in [0, 0.1) is 6.92 Å². The summed E-state index contributed by atoms with van der Waals surface area (Å²) in [4.78, 5) is 23.8. The first-order chi connectivity index (χ1) is 9.49. The van der Waals surface area contributed by atoms with Crippen molar-refractivity contribution < 1.29 is 4.79 Å². The van der Waals surface area contributed by atoms with E-state index in [1.54, 1.807) is 12.3 Å². The highest BCUT2D eigenvalue weighted by atomic mass is 79.9. The molecule has 6 nitrogen and oxygen atoms in total. The van der Waals surface area contributed by atoms with Gasteiger partial charge in [-0.3, -0.25) is 14.9 Å². The zero-order valence-corrected chi connectivity index (χ0v) is 13.4. The van der Waals surface area contributed by atoms with Crippen LogP contribution in [-0.4, -0.2) is 20.7 Å². The highest BCUT2D eigenvalue weighted by Gasteiger charge is 2.10. The van der Waals surface area contributed by atoms with Crippen molar-refractivity contribution in [1.82, 2.24) is 14.8 Å². The van der Waals surface area contributed by atoms with Crippen LogP contribution in [0.4, 0.5) is 5.13 Å². The predicted octanol–water partition coefficient (Wildman–Crippen LogP) is 1.97. The summed E-state index contributed by atoms with van der Waals surface area (Å²) in [5, 5.41) is 11.7. The van der Waals surface area contributed by atoms with Gasteiger partial charge in [0.15, 0.2) is 0 Å². The fourth-order valence-corrected chi connectivity index (χ4v) is 2.90. The van der Waals surface area contributed by atoms with Gasteiger partial charge in [-0.1, -0.05) is 18.3 Å². The normalized spacial score (nSPS) is 10.6. The lowest BCUT2D eigenvalue weighted by Gasteiger charge is -2.07. The highest BCUT2D eigenvalue weighted by Crippen LogP contribution is 2.15. The summed E-state index contributed by atoms with van der Waals surface area (Å²) in [5.41, 5.74) is 0.658. The molecule has 106 valence electrons. The molecule has 2 aromatic rings. The van der Waals surface area contributed by atoms with Gasteiger partial charge in [0.25, 0.3) is 5.56 Å². The molecule has 0 atom stereocenters. The van der Waals surface area contributed by atoms with Crippen LogP contribution >= 0.6 is 27.3 Å². The minimum Gasteiger partial charge on any atom is -0.305 e. The Bertz CT molecular complexity index is 695. The molecular formula is C12H13BrN4O2S. The monoisotopic (exact) mass is 356 g/mol. The van der Waals surface area contributed by atoms with Gasteiger partial charge in [-0.25, -0.2) is 0 Å². The molecule has 0 aromatic carbocycles. The maximum atomic E-state index is 11.9. The summed E-state index contributed by atoms with van der Waals surface area (Å²) < 4.78 is 1.80. The number of nitrogens with zero attached hydrogens (tertiary/aromatic N) is 3. The lowest BCUT2D eigenvalue weighted by atomic mass is 10.3. The average Bonchev–Trinajstić information content (AvgIpc) is 2.82. The molecule has 0 saturated carbocycles. The minimum absolute atomic E-state index is 0.0554. The summed E-state index contributed by atoms with van der Waals surface area (Å²) in [5.74, 6) is -0.302. The van der Waals surface area contributed by atoms with Crippen LogP contribution in [0.15, 0.2) is 21.5 Å². The average molecular weight is 357 g/mol. The molecule has 0 unspecified atom stereocenters. The Hall–Kier alpha value is -1.54. The van der Waals surface area contributed by atoms with Crippen molar-refractivity contribution in [1.29, 1.82) is 0 Å². The second kappa shape index (κ2) is 6.27. The molecule has 20 heavy (non-hydrogen) atoms. The van der Waals surface area contributed by atoms with Gasteiger partial charge in [0.2, 0.25) is 11.0 Å². The quantitative estimate of drug-likeness (QED) is 0.908. The Morgan fingerprint density at radius 3 is 2.90 bits per heavy atom. The van der Waals surface area contributed by atoms with Gasteiger partial charge in [0, 0.05) is 6.20 Å². The number of carbonyl (C=O) groups excluding carboxylic acids is 1. The summed E-state index contributed by atoms with van der Waals surface area (Å²) in [7, 11) is 0. The van der Waals surface area contributed by atoms with E-state index >= 15 is 0 Å². The van der Waals surface area contributed by atoms with Crippen molar-refractivity contribution in [2.45, 2.75) is 26.8 Å². The van der Waals surface area contributed by atoms with Gasteiger partial charge in [-0.15, -0.1) is 10.2 Å². The topological polar surface area (TPSA) is 76.9 Å². The van der Waals surface area contributed by atoms with Crippen molar-refractivity contribution in [2.24, 2.45) is 0 Å². The van der Waals surface area contributed by atoms with Crippen LogP contribution in [0.1, 0.15) is 17.5 Å². The third-order valence-electron chi connectivity index (χ3n) is 2.51. The first-order valence-electron chi connectivity index (χ1n) is 5.98. The maximum Gasteiger partial charge on any atom is 0.265 e. The number of halogens is 1. The number of rotatable bonds is 4. The van der Waals surface area contributed by atoms with E-state index in [0.717, 1.165) is 17.0 Å². The third kappa shape index (κ3) is 3.51. The number of aryl methyl sites for hydroxylation is 2. The number of pyridine rings is 1. The van der Waals surface area contributed by atoms with Gasteiger partial charge in [-0.2, -0.15) is 0 Å². The Kier molecular flexibility index (Phi) is 4.66. The van der Waals surface area contributed by atoms with Crippen LogP contribution in [-0.2, 0) is 17.8 Å². The summed E-state index contributed by atoms with van der Waals surface area (Å²) in [6, 6.07) is 1.72. The lowest BCUT2D eigenvalue weighted by molar-refractivity contribution is -0.116. The maximum absolute atomic E-state index is 11.9. The molecule has 2 aromatic heterocycles. The molecule has 0 bridgehead atoms. The number of hydrogen-bond donors (Lipinski definition) is 1. The van der Waals surface area contributed by atoms with E-state index in [0.29, 0.717) is 9.60 Å². The fraction of sp³-hybridized carbons (Fsp3) is 0.333. The molecule has 0 aliphatic carbocycles. The van der Waals surface area contributed by atoms with Gasteiger partial charge in [0.05, 0.1) is 4.47 Å². The van der Waals surface area contributed by atoms with Gasteiger partial charge >= 0.3 is 0 Å². The summed E-state index contributed by atoms with van der Waals surface area (Å²) in [6.07, 6.45) is 2.42. The van der Waals surface area contributed by atoms with Crippen LogP contribution in [0.3, 0.4) is 0 Å².